The minimum Gasteiger partial charge on any atom is -0.465 e. The summed E-state index contributed by atoms with van der Waals surface area (Å²) < 4.78 is 41.6. The van der Waals surface area contributed by atoms with Crippen molar-refractivity contribution in [1.29, 1.82) is 0 Å². The predicted molar refractivity (Wildman–Crippen MR) is 139 cm³/mol. The molecule has 1 aliphatic heterocycles. The van der Waals surface area contributed by atoms with Crippen LogP contribution in [-0.4, -0.2) is 74.8 Å². The molecule has 0 aromatic rings. The van der Waals surface area contributed by atoms with Gasteiger partial charge in [-0.05, 0) is 57.2 Å². The largest absolute Gasteiger partial charge is 0.500 e. The molecule has 0 amide bonds. The van der Waals surface area contributed by atoms with Gasteiger partial charge in [-0.15, -0.1) is 0 Å². The maximum atomic E-state index is 12.8. The molecule has 0 radical (unpaired) electrons. The second-order valence-electron chi connectivity index (χ2n) is 9.91. The van der Waals surface area contributed by atoms with Gasteiger partial charge in [0.15, 0.2) is 8.32 Å². The lowest BCUT2D eigenvalue weighted by Crippen LogP contribution is -2.57. The number of carbonyl (C=O) groups is 1. The third-order valence-electron chi connectivity index (χ3n) is 6.12. The van der Waals surface area contributed by atoms with E-state index in [4.69, 9.17) is 30.7 Å². The summed E-state index contributed by atoms with van der Waals surface area (Å²) in [6.07, 6.45) is 3.72. The molecule has 1 rings (SSSR count). The Balaban J connectivity index is 2.76. The highest BCUT2D eigenvalue weighted by Gasteiger charge is 2.46. The fourth-order valence-electron chi connectivity index (χ4n) is 4.65. The quantitative estimate of drug-likeness (QED) is 0.193. The monoisotopic (exact) mass is 540 g/mol. The zero-order valence-electron chi connectivity index (χ0n) is 22.4. The molecule has 196 valence electrons. The van der Waals surface area contributed by atoms with Crippen molar-refractivity contribution < 1.29 is 35.5 Å². The van der Waals surface area contributed by atoms with E-state index in [1.54, 1.807) is 21.3 Å². The third-order valence-corrected chi connectivity index (χ3v) is 21.5. The molecular formula is C21H48O8Si4. The molecule has 1 heterocycles. The Morgan fingerprint density at radius 2 is 1.67 bits per heavy atom. The first-order valence-electron chi connectivity index (χ1n) is 12.2. The molecule has 0 saturated carbocycles. The van der Waals surface area contributed by atoms with Gasteiger partial charge in [-0.3, -0.25) is 4.79 Å². The number of rotatable bonds is 12. The van der Waals surface area contributed by atoms with Gasteiger partial charge in [0, 0.05) is 34.0 Å². The van der Waals surface area contributed by atoms with Crippen molar-refractivity contribution in [3.8, 4) is 0 Å². The SMILES string of the molecule is CCC[Si]1(C)O[Si](C)(CC(C)C(=O)OCCC[Si](OC)(OC)OC)CCCCO[Si](C)(C)O1. The molecule has 1 saturated heterocycles. The van der Waals surface area contributed by atoms with E-state index in [2.05, 4.69) is 33.1 Å². The Kier molecular flexibility index (Phi) is 13.2. The van der Waals surface area contributed by atoms with Gasteiger partial charge in [0.25, 0.3) is 0 Å². The molecule has 1 fully saturated rings. The second-order valence-corrected chi connectivity index (χ2v) is 24.3. The Morgan fingerprint density at radius 3 is 2.24 bits per heavy atom. The Morgan fingerprint density at radius 1 is 1.03 bits per heavy atom. The van der Waals surface area contributed by atoms with Crippen LogP contribution in [0.1, 0.15) is 39.5 Å². The Bertz CT molecular complexity index is 584. The van der Waals surface area contributed by atoms with Crippen LogP contribution >= 0.6 is 0 Å². The summed E-state index contributed by atoms with van der Waals surface area (Å²) in [4.78, 5) is 12.8. The Hall–Kier alpha value is 0.0975. The lowest BCUT2D eigenvalue weighted by molar-refractivity contribution is -0.147. The topological polar surface area (TPSA) is 81.7 Å². The van der Waals surface area contributed by atoms with E-state index in [0.29, 0.717) is 19.1 Å². The van der Waals surface area contributed by atoms with Crippen LogP contribution in [0.25, 0.3) is 0 Å². The smallest absolute Gasteiger partial charge is 0.465 e. The van der Waals surface area contributed by atoms with Crippen LogP contribution < -0.4 is 0 Å². The summed E-state index contributed by atoms with van der Waals surface area (Å²) in [5.41, 5.74) is 0. The molecule has 12 heteroatoms. The zero-order valence-corrected chi connectivity index (χ0v) is 26.4. The van der Waals surface area contributed by atoms with Gasteiger partial charge in [-0.1, -0.05) is 26.7 Å². The molecule has 33 heavy (non-hydrogen) atoms. The van der Waals surface area contributed by atoms with Crippen LogP contribution in [0.3, 0.4) is 0 Å². The number of carbonyl (C=O) groups excluding carboxylic acids is 1. The molecule has 0 spiro atoms. The van der Waals surface area contributed by atoms with Gasteiger partial charge < -0.3 is 30.7 Å². The maximum absolute atomic E-state index is 12.8. The molecule has 1 aliphatic rings. The number of hydrogen-bond donors (Lipinski definition) is 0. The van der Waals surface area contributed by atoms with Crippen molar-refractivity contribution in [2.24, 2.45) is 5.92 Å². The number of ether oxygens (including phenoxy) is 1. The minimum atomic E-state index is -2.64. The van der Waals surface area contributed by atoms with E-state index in [9.17, 15) is 4.79 Å². The van der Waals surface area contributed by atoms with Crippen LogP contribution in [0.5, 0.6) is 0 Å². The predicted octanol–water partition coefficient (Wildman–Crippen LogP) is 5.04. The summed E-state index contributed by atoms with van der Waals surface area (Å²) in [5, 5.41) is 0. The first kappa shape index (κ1) is 31.1. The van der Waals surface area contributed by atoms with Crippen molar-refractivity contribution in [3.05, 3.63) is 0 Å². The molecule has 0 bridgehead atoms. The van der Waals surface area contributed by atoms with Gasteiger partial charge in [0.1, 0.15) is 0 Å². The lowest BCUT2D eigenvalue weighted by Gasteiger charge is -2.43. The third kappa shape index (κ3) is 10.7. The van der Waals surface area contributed by atoms with Gasteiger partial charge >= 0.3 is 31.9 Å². The molecule has 3 atom stereocenters. The fourth-order valence-corrected chi connectivity index (χ4v) is 21.2. The van der Waals surface area contributed by atoms with E-state index in [1.165, 1.54) is 0 Å². The van der Waals surface area contributed by atoms with Crippen molar-refractivity contribution >= 4 is 40.2 Å². The van der Waals surface area contributed by atoms with Gasteiger partial charge in [0.05, 0.1) is 12.5 Å². The standard InChI is InChI=1S/C21H48O8Si4/c1-10-16-32(9)28-30(6,7)27-15-11-12-17-31(8,29-32)19-20(2)21(22)26-14-13-18-33(23-3,24-4)25-5/h20H,10-19H2,1-9H3. The highest BCUT2D eigenvalue weighted by molar-refractivity contribution is 6.87. The molecule has 3 unspecified atom stereocenters. The highest BCUT2D eigenvalue weighted by Crippen LogP contribution is 2.34. The van der Waals surface area contributed by atoms with Crippen LogP contribution in [0.2, 0.25) is 50.4 Å². The molecule has 0 aliphatic carbocycles. The molecule has 0 aromatic heterocycles. The molecule has 0 N–H and O–H groups in total. The highest BCUT2D eigenvalue weighted by atomic mass is 28.5. The normalized spacial score (nSPS) is 27.7. The lowest BCUT2D eigenvalue weighted by atomic mass is 10.2. The van der Waals surface area contributed by atoms with Crippen molar-refractivity contribution in [1.82, 2.24) is 0 Å². The van der Waals surface area contributed by atoms with Crippen LogP contribution in [-0.2, 0) is 35.5 Å². The van der Waals surface area contributed by atoms with E-state index in [1.807, 2.05) is 6.92 Å². The number of esters is 1. The van der Waals surface area contributed by atoms with Gasteiger partial charge in [-0.25, -0.2) is 0 Å². The summed E-state index contributed by atoms with van der Waals surface area (Å²) in [6, 6.07) is 3.30. The maximum Gasteiger partial charge on any atom is 0.500 e. The van der Waals surface area contributed by atoms with E-state index in [-0.39, 0.29) is 11.9 Å². The van der Waals surface area contributed by atoms with Crippen molar-refractivity contribution in [3.63, 3.8) is 0 Å². The first-order chi connectivity index (χ1) is 15.4. The molecular weight excluding hydrogens is 493 g/mol. The van der Waals surface area contributed by atoms with Crippen LogP contribution in [0.4, 0.5) is 0 Å². The van der Waals surface area contributed by atoms with E-state index in [0.717, 1.165) is 44.0 Å². The average molecular weight is 541 g/mol. The van der Waals surface area contributed by atoms with Crippen molar-refractivity contribution in [2.75, 3.05) is 34.5 Å². The van der Waals surface area contributed by atoms with Gasteiger partial charge in [0.2, 0.25) is 0 Å². The molecule has 0 aromatic carbocycles. The molecule has 8 nitrogen and oxygen atoms in total. The van der Waals surface area contributed by atoms with Crippen LogP contribution in [0.15, 0.2) is 0 Å². The van der Waals surface area contributed by atoms with E-state index < -0.39 is 34.2 Å². The average Bonchev–Trinajstić information content (AvgIpc) is 2.72. The minimum absolute atomic E-state index is 0.165. The van der Waals surface area contributed by atoms with Crippen molar-refractivity contribution in [2.45, 2.75) is 89.9 Å². The number of hydrogen-bond acceptors (Lipinski definition) is 8. The summed E-state index contributed by atoms with van der Waals surface area (Å²) >= 11 is 0. The fraction of sp³-hybridized carbons (Fsp3) is 0.952. The summed E-state index contributed by atoms with van der Waals surface area (Å²) in [6.45, 7) is 13.9. The van der Waals surface area contributed by atoms with Gasteiger partial charge in [-0.2, -0.15) is 0 Å². The summed E-state index contributed by atoms with van der Waals surface area (Å²) in [7, 11) is -4.68. The van der Waals surface area contributed by atoms with E-state index >= 15 is 0 Å². The van der Waals surface area contributed by atoms with Crippen LogP contribution in [0, 0.1) is 5.92 Å². The first-order valence-corrected chi connectivity index (χ1v) is 22.3. The summed E-state index contributed by atoms with van der Waals surface area (Å²) in [5.74, 6) is -0.373. The zero-order chi connectivity index (χ0) is 25.2. The second kappa shape index (κ2) is 14.0. The Labute approximate surface area is 205 Å².